The molecule has 18 aromatic carbocycles. The Balaban J connectivity index is 0.000000132. The van der Waals surface area contributed by atoms with E-state index in [1.807, 2.05) is 0 Å². The van der Waals surface area contributed by atoms with Crippen LogP contribution in [0.2, 0.25) is 0 Å². The SMILES string of the molecule is c1ccc2cc3c(cc2c1)c1cc(-n2c4ccccc4c4ccccc42)ccc1n3-c1nc(-c2ccc3c4ccccc4c4ccccc4c3c2)c2ccccc2n1.c1ccc2cc3c(cc2c1)c1cc(-n2c4ccccc4c4ccccc42)ccc1n3-c1nc(-c2cccc3ccccc23)c2ccccc2n1. The first kappa shape index (κ1) is 59.9. The lowest BCUT2D eigenvalue weighted by atomic mass is 9.92. The Bertz CT molecular complexity index is 7820. The predicted molar refractivity (Wildman–Crippen MR) is 452 cm³/mol. The summed E-state index contributed by atoms with van der Waals surface area (Å²) in [6, 6.07) is 131. The van der Waals surface area contributed by atoms with Gasteiger partial charge in [-0.3, -0.25) is 9.13 Å². The molecule has 24 aromatic rings. The zero-order valence-corrected chi connectivity index (χ0v) is 58.2. The third-order valence-electron chi connectivity index (χ3n) is 22.6. The second kappa shape index (κ2) is 23.5. The van der Waals surface area contributed by atoms with Crippen LogP contribution < -0.4 is 0 Å². The molecule has 0 atom stereocenters. The molecule has 0 amide bonds. The Kier molecular flexibility index (Phi) is 13.0. The standard InChI is InChI=1S/C54H32N4.C46H28N4/c1-2-14-34-31-52-46(29-33(34)13-1)47-32-36(57-49-23-11-8-19-42(49)43-20-9-12-24-50(43)57)26-28-51(47)58(52)54-55-48-22-10-7-21-44(48)53(56-54)35-25-27-41-39-17-4-3-15-37(39)38-16-5-6-18-40(38)45(41)30-35;1-2-14-31-27-44-38(26-30(31)13-1)39-28-32(49-41-22-9-6-17-34(41)35-18-7-10-23-42(35)49)24-25-43(39)50(44)46-47-40-21-8-5-19-37(40)45(48-46)36-20-11-15-29-12-3-4-16-33(29)36/h1-32H;1-28H. The normalized spacial score (nSPS) is 12.1. The van der Waals surface area contributed by atoms with Crippen LogP contribution in [0, 0.1) is 0 Å². The smallest absolute Gasteiger partial charge is 0.235 e. The maximum absolute atomic E-state index is 5.54. The summed E-state index contributed by atoms with van der Waals surface area (Å²) in [6.45, 7) is 0. The second-order valence-electron chi connectivity index (χ2n) is 28.4. The molecule has 0 spiro atoms. The lowest BCUT2D eigenvalue weighted by Crippen LogP contribution is -2.04. The summed E-state index contributed by atoms with van der Waals surface area (Å²) in [5.74, 6) is 1.31. The monoisotopic (exact) mass is 1370 g/mol. The Hall–Kier alpha value is -14.6. The molecule has 24 rings (SSSR count). The van der Waals surface area contributed by atoms with Crippen molar-refractivity contribution in [2.45, 2.75) is 0 Å². The minimum atomic E-state index is 0.650. The van der Waals surface area contributed by atoms with Gasteiger partial charge in [0, 0.05) is 76.4 Å². The average molecular weight is 1370 g/mol. The molecule has 0 fully saturated rings. The van der Waals surface area contributed by atoms with Gasteiger partial charge in [-0.2, -0.15) is 0 Å². The van der Waals surface area contributed by atoms with Gasteiger partial charge in [-0.05, 0) is 168 Å². The Morgan fingerprint density at radius 1 is 0.167 bits per heavy atom. The summed E-state index contributed by atoms with van der Waals surface area (Å²) in [5, 5.41) is 26.3. The van der Waals surface area contributed by atoms with Gasteiger partial charge in [0.25, 0.3) is 0 Å². The molecule has 0 saturated heterocycles. The van der Waals surface area contributed by atoms with Gasteiger partial charge in [0.1, 0.15) is 0 Å². The molecule has 108 heavy (non-hydrogen) atoms. The Labute approximate surface area is 617 Å². The van der Waals surface area contributed by atoms with Crippen molar-refractivity contribution in [3.63, 3.8) is 0 Å². The first-order chi connectivity index (χ1) is 53.6. The first-order valence-corrected chi connectivity index (χ1v) is 36.8. The molecule has 0 aliphatic rings. The number of aromatic nitrogens is 8. The van der Waals surface area contributed by atoms with E-state index in [0.717, 1.165) is 88.5 Å². The van der Waals surface area contributed by atoms with Gasteiger partial charge in [0.15, 0.2) is 0 Å². The molecule has 0 N–H and O–H groups in total. The van der Waals surface area contributed by atoms with Gasteiger partial charge in [0.2, 0.25) is 11.9 Å². The number of nitrogens with zero attached hydrogens (tertiary/aromatic N) is 8. The van der Waals surface area contributed by atoms with Crippen LogP contribution in [0.5, 0.6) is 0 Å². The summed E-state index contributed by atoms with van der Waals surface area (Å²) in [4.78, 5) is 21.6. The van der Waals surface area contributed by atoms with Gasteiger partial charge in [-0.1, -0.05) is 261 Å². The highest BCUT2D eigenvalue weighted by Crippen LogP contribution is 2.44. The Morgan fingerprint density at radius 2 is 0.500 bits per heavy atom. The van der Waals surface area contributed by atoms with Gasteiger partial charge in [-0.15, -0.1) is 0 Å². The zero-order valence-electron chi connectivity index (χ0n) is 58.2. The highest BCUT2D eigenvalue weighted by atomic mass is 15.2. The fourth-order valence-corrected chi connectivity index (χ4v) is 17.7. The molecule has 500 valence electrons. The molecule has 6 aromatic heterocycles. The van der Waals surface area contributed by atoms with E-state index in [1.54, 1.807) is 0 Å². The van der Waals surface area contributed by atoms with E-state index in [4.69, 9.17) is 19.9 Å². The lowest BCUT2D eigenvalue weighted by molar-refractivity contribution is 1.01. The summed E-state index contributed by atoms with van der Waals surface area (Å²) < 4.78 is 9.31. The summed E-state index contributed by atoms with van der Waals surface area (Å²) in [5.41, 5.74) is 17.1. The average Bonchev–Trinajstić information content (AvgIpc) is 1.34. The van der Waals surface area contributed by atoms with Crippen LogP contribution in [0.3, 0.4) is 0 Å². The van der Waals surface area contributed by atoms with Gasteiger partial charge >= 0.3 is 0 Å². The third kappa shape index (κ3) is 9.04. The van der Waals surface area contributed by atoms with E-state index in [0.29, 0.717) is 11.9 Å². The number of hydrogen-bond acceptors (Lipinski definition) is 4. The highest BCUT2D eigenvalue weighted by Gasteiger charge is 2.24. The summed E-state index contributed by atoms with van der Waals surface area (Å²) in [7, 11) is 0. The highest BCUT2D eigenvalue weighted by molar-refractivity contribution is 6.26. The number of rotatable bonds is 6. The molecule has 0 aliphatic carbocycles. The van der Waals surface area contributed by atoms with E-state index in [1.165, 1.54) is 119 Å². The topological polar surface area (TPSA) is 71.3 Å². The molecule has 0 unspecified atom stereocenters. The molecule has 0 radical (unpaired) electrons. The quantitative estimate of drug-likeness (QED) is 0.156. The summed E-state index contributed by atoms with van der Waals surface area (Å²) in [6.07, 6.45) is 0. The molecule has 0 aliphatic heterocycles. The number of para-hydroxylation sites is 6. The molecule has 8 nitrogen and oxygen atoms in total. The number of hydrogen-bond donors (Lipinski definition) is 0. The minimum absolute atomic E-state index is 0.650. The maximum Gasteiger partial charge on any atom is 0.235 e. The Morgan fingerprint density at radius 3 is 0.972 bits per heavy atom. The van der Waals surface area contributed by atoms with E-state index < -0.39 is 0 Å². The van der Waals surface area contributed by atoms with Crippen molar-refractivity contribution >= 4 is 174 Å². The second-order valence-corrected chi connectivity index (χ2v) is 28.4. The van der Waals surface area contributed by atoms with Crippen LogP contribution in [0.25, 0.3) is 219 Å². The van der Waals surface area contributed by atoms with Crippen LogP contribution >= 0.6 is 0 Å². The van der Waals surface area contributed by atoms with Gasteiger partial charge in [-0.25, -0.2) is 19.9 Å². The van der Waals surface area contributed by atoms with E-state index >= 15 is 0 Å². The predicted octanol–water partition coefficient (Wildman–Crippen LogP) is 25.9. The maximum atomic E-state index is 5.54. The van der Waals surface area contributed by atoms with Crippen molar-refractivity contribution in [2.24, 2.45) is 0 Å². The fraction of sp³-hybridized carbons (Fsp3) is 0. The largest absolute Gasteiger partial charge is 0.309 e. The van der Waals surface area contributed by atoms with Gasteiger partial charge in [0.05, 0.1) is 66.6 Å². The molecular weight excluding hydrogens is 1310 g/mol. The van der Waals surface area contributed by atoms with Crippen LogP contribution in [0.15, 0.2) is 364 Å². The third-order valence-corrected chi connectivity index (χ3v) is 22.6. The fourth-order valence-electron chi connectivity index (χ4n) is 17.7. The number of benzene rings is 18. The molecular formula is C100H60N8. The van der Waals surface area contributed by atoms with Crippen molar-refractivity contribution in [1.29, 1.82) is 0 Å². The first-order valence-electron chi connectivity index (χ1n) is 36.8. The summed E-state index contributed by atoms with van der Waals surface area (Å²) >= 11 is 0. The molecule has 0 saturated carbocycles. The van der Waals surface area contributed by atoms with Crippen molar-refractivity contribution < 1.29 is 0 Å². The molecule has 6 heterocycles. The molecule has 8 heteroatoms. The zero-order chi connectivity index (χ0) is 70.7. The van der Waals surface area contributed by atoms with Crippen molar-refractivity contribution in [3.8, 4) is 45.8 Å². The van der Waals surface area contributed by atoms with E-state index in [-0.39, 0.29) is 0 Å². The molecule has 0 bridgehead atoms. The van der Waals surface area contributed by atoms with E-state index in [9.17, 15) is 0 Å². The van der Waals surface area contributed by atoms with E-state index in [2.05, 4.69) is 382 Å². The van der Waals surface area contributed by atoms with Crippen LogP contribution in [-0.2, 0) is 0 Å². The van der Waals surface area contributed by atoms with Crippen LogP contribution in [0.4, 0.5) is 0 Å². The van der Waals surface area contributed by atoms with Crippen molar-refractivity contribution in [1.82, 2.24) is 38.2 Å². The van der Waals surface area contributed by atoms with Crippen LogP contribution in [0.1, 0.15) is 0 Å². The van der Waals surface area contributed by atoms with Gasteiger partial charge < -0.3 is 9.13 Å². The number of fused-ring (bicyclic) bond motifs is 23. The lowest BCUT2D eigenvalue weighted by Gasteiger charge is -2.14. The minimum Gasteiger partial charge on any atom is -0.309 e. The van der Waals surface area contributed by atoms with Crippen LogP contribution in [-0.4, -0.2) is 38.2 Å². The van der Waals surface area contributed by atoms with Crippen molar-refractivity contribution in [3.05, 3.63) is 364 Å². The van der Waals surface area contributed by atoms with Crippen molar-refractivity contribution in [2.75, 3.05) is 0 Å².